The average molecular weight is 513 g/mol. The van der Waals surface area contributed by atoms with Gasteiger partial charge in [-0.1, -0.05) is 7.43 Å². The van der Waals surface area contributed by atoms with Crippen molar-refractivity contribution in [1.29, 1.82) is 0 Å². The number of anilines is 2. The van der Waals surface area contributed by atoms with Crippen molar-refractivity contribution in [2.75, 3.05) is 23.7 Å². The third-order valence-corrected chi connectivity index (χ3v) is 5.37. The van der Waals surface area contributed by atoms with E-state index < -0.39 is 0 Å². The van der Waals surface area contributed by atoms with Crippen LogP contribution in [0.3, 0.4) is 0 Å². The predicted octanol–water partition coefficient (Wildman–Crippen LogP) is 5.92. The Hall–Kier alpha value is -3.20. The SMILES string of the molecule is Brc1ccc2c(n1)CCCN2.C.Cc1ncco1.c1coc(-c2ccc3c(n2)CCCN3)n1. The third-order valence-electron chi connectivity index (χ3n) is 4.93. The smallest absolute Gasteiger partial charge is 0.244 e. The van der Waals surface area contributed by atoms with Gasteiger partial charge in [0.2, 0.25) is 5.89 Å². The van der Waals surface area contributed by atoms with E-state index in [9.17, 15) is 0 Å². The molecule has 0 atom stereocenters. The normalized spacial score (nSPS) is 13.3. The number of fused-ring (bicyclic) bond motifs is 2. The van der Waals surface area contributed by atoms with Crippen molar-refractivity contribution in [3.05, 3.63) is 71.1 Å². The summed E-state index contributed by atoms with van der Waals surface area (Å²) >= 11 is 3.35. The summed E-state index contributed by atoms with van der Waals surface area (Å²) in [5.41, 5.74) is 5.43. The Labute approximate surface area is 202 Å². The van der Waals surface area contributed by atoms with Gasteiger partial charge >= 0.3 is 0 Å². The van der Waals surface area contributed by atoms with Crippen molar-refractivity contribution in [3.63, 3.8) is 0 Å². The van der Waals surface area contributed by atoms with Crippen molar-refractivity contribution >= 4 is 27.3 Å². The Morgan fingerprint density at radius 3 is 2.03 bits per heavy atom. The Morgan fingerprint density at radius 1 is 0.818 bits per heavy atom. The zero-order valence-corrected chi connectivity index (χ0v) is 19.4. The number of oxazole rings is 2. The van der Waals surface area contributed by atoms with E-state index in [4.69, 9.17) is 8.83 Å². The summed E-state index contributed by atoms with van der Waals surface area (Å²) in [6.45, 7) is 3.92. The van der Waals surface area contributed by atoms with Crippen LogP contribution in [-0.4, -0.2) is 33.0 Å². The lowest BCUT2D eigenvalue weighted by atomic mass is 10.1. The first-order valence-corrected chi connectivity index (χ1v) is 11.4. The topological polar surface area (TPSA) is 102 Å². The largest absolute Gasteiger partial charge is 0.449 e. The number of pyridine rings is 2. The molecule has 174 valence electrons. The summed E-state index contributed by atoms with van der Waals surface area (Å²) in [6.07, 6.45) is 10.8. The zero-order valence-electron chi connectivity index (χ0n) is 17.8. The quantitative estimate of drug-likeness (QED) is 0.303. The maximum atomic E-state index is 5.22. The third kappa shape index (κ3) is 6.89. The van der Waals surface area contributed by atoms with Gasteiger partial charge in [-0.15, -0.1) is 0 Å². The summed E-state index contributed by atoms with van der Waals surface area (Å²) in [7, 11) is 0. The molecular formula is C24H29BrN6O2. The molecule has 0 saturated carbocycles. The highest BCUT2D eigenvalue weighted by atomic mass is 79.9. The number of nitrogens with zero attached hydrogens (tertiary/aromatic N) is 4. The van der Waals surface area contributed by atoms with E-state index in [0.717, 1.165) is 59.9 Å². The van der Waals surface area contributed by atoms with Gasteiger partial charge in [0.05, 0.1) is 35.2 Å². The zero-order chi connectivity index (χ0) is 22.2. The Morgan fingerprint density at radius 2 is 1.45 bits per heavy atom. The molecule has 0 unspecified atom stereocenters. The molecule has 9 heteroatoms. The number of hydrogen-bond acceptors (Lipinski definition) is 8. The van der Waals surface area contributed by atoms with Crippen LogP contribution in [0.5, 0.6) is 0 Å². The van der Waals surface area contributed by atoms with Gasteiger partial charge in [-0.25, -0.2) is 19.9 Å². The molecule has 0 bridgehead atoms. The van der Waals surface area contributed by atoms with Crippen LogP contribution in [0.25, 0.3) is 11.6 Å². The van der Waals surface area contributed by atoms with E-state index in [-0.39, 0.29) is 7.43 Å². The lowest BCUT2D eigenvalue weighted by Gasteiger charge is -2.16. The van der Waals surface area contributed by atoms with E-state index >= 15 is 0 Å². The van der Waals surface area contributed by atoms with Gasteiger partial charge in [0.15, 0.2) is 5.89 Å². The molecule has 0 saturated heterocycles. The van der Waals surface area contributed by atoms with Crippen molar-refractivity contribution in [1.82, 2.24) is 19.9 Å². The first-order valence-electron chi connectivity index (χ1n) is 10.6. The first-order chi connectivity index (χ1) is 15.7. The van der Waals surface area contributed by atoms with Gasteiger partial charge in [0, 0.05) is 20.0 Å². The molecule has 6 heterocycles. The Balaban J connectivity index is 0.000000150. The standard InChI is InChI=1S/C11H11N3O.C8H9BrN2.C4H5NO.CH4/c1-2-9-8(12-5-1)3-4-10(14-9)11-13-6-7-15-11;9-8-4-3-6-7(11-8)2-1-5-10-6;1-4-5-2-3-6-4;/h3-4,6-7,12H,1-2,5H2;3-4,10H,1-2,5H2;2-3H,1H3;1H4. The van der Waals surface area contributed by atoms with E-state index in [1.807, 2.05) is 18.2 Å². The summed E-state index contributed by atoms with van der Waals surface area (Å²) in [5, 5.41) is 6.63. The number of rotatable bonds is 1. The molecule has 0 aromatic carbocycles. The second kappa shape index (κ2) is 12.2. The summed E-state index contributed by atoms with van der Waals surface area (Å²) in [6, 6.07) is 8.02. The number of halogens is 1. The van der Waals surface area contributed by atoms with E-state index in [1.54, 1.807) is 31.8 Å². The molecule has 4 aromatic heterocycles. The number of nitrogens with one attached hydrogen (secondary N) is 2. The van der Waals surface area contributed by atoms with Gasteiger partial charge < -0.3 is 19.5 Å². The van der Waals surface area contributed by atoms with Crippen LogP contribution in [0.4, 0.5) is 11.4 Å². The van der Waals surface area contributed by atoms with Crippen LogP contribution < -0.4 is 10.6 Å². The van der Waals surface area contributed by atoms with E-state index in [1.165, 1.54) is 17.8 Å². The molecule has 2 aliphatic rings. The average Bonchev–Trinajstić information content (AvgIpc) is 3.54. The molecule has 33 heavy (non-hydrogen) atoms. The maximum absolute atomic E-state index is 5.22. The molecular weight excluding hydrogens is 484 g/mol. The number of aryl methyl sites for hydroxylation is 3. The second-order valence-corrected chi connectivity index (χ2v) is 8.08. The van der Waals surface area contributed by atoms with Crippen molar-refractivity contribution in [2.45, 2.75) is 40.0 Å². The molecule has 0 fully saturated rings. The molecule has 0 amide bonds. The maximum Gasteiger partial charge on any atom is 0.244 e. The monoisotopic (exact) mass is 512 g/mol. The van der Waals surface area contributed by atoms with Gasteiger partial charge in [-0.2, -0.15) is 0 Å². The molecule has 4 aromatic rings. The number of aromatic nitrogens is 4. The molecule has 0 spiro atoms. The van der Waals surface area contributed by atoms with Crippen LogP contribution in [-0.2, 0) is 12.8 Å². The van der Waals surface area contributed by atoms with Gasteiger partial charge in [0.25, 0.3) is 0 Å². The van der Waals surface area contributed by atoms with Crippen molar-refractivity contribution in [2.24, 2.45) is 0 Å². The van der Waals surface area contributed by atoms with Crippen LogP contribution >= 0.6 is 15.9 Å². The fraction of sp³-hybridized carbons (Fsp3) is 0.333. The minimum absolute atomic E-state index is 0. The van der Waals surface area contributed by atoms with Crippen molar-refractivity contribution < 1.29 is 8.83 Å². The van der Waals surface area contributed by atoms with Crippen LogP contribution in [0.15, 0.2) is 62.6 Å². The summed E-state index contributed by atoms with van der Waals surface area (Å²) < 4.78 is 10.9. The summed E-state index contributed by atoms with van der Waals surface area (Å²) in [4.78, 5) is 16.7. The molecule has 8 nitrogen and oxygen atoms in total. The van der Waals surface area contributed by atoms with Crippen LogP contribution in [0.1, 0.15) is 37.5 Å². The molecule has 0 aliphatic carbocycles. The van der Waals surface area contributed by atoms with E-state index in [0.29, 0.717) is 5.89 Å². The minimum atomic E-state index is 0. The fourth-order valence-corrected chi connectivity index (χ4v) is 3.75. The fourth-order valence-electron chi connectivity index (χ4n) is 3.40. The highest BCUT2D eigenvalue weighted by Gasteiger charge is 2.12. The first kappa shape index (κ1) is 24.4. The van der Waals surface area contributed by atoms with E-state index in [2.05, 4.69) is 52.6 Å². The van der Waals surface area contributed by atoms with Crippen LogP contribution in [0, 0.1) is 6.92 Å². The highest BCUT2D eigenvalue weighted by molar-refractivity contribution is 9.10. The predicted molar refractivity (Wildman–Crippen MR) is 133 cm³/mol. The minimum Gasteiger partial charge on any atom is -0.449 e. The lowest BCUT2D eigenvalue weighted by Crippen LogP contribution is -2.13. The molecule has 6 rings (SSSR count). The second-order valence-electron chi connectivity index (χ2n) is 7.27. The van der Waals surface area contributed by atoms with Crippen molar-refractivity contribution in [3.8, 4) is 11.6 Å². The van der Waals surface area contributed by atoms with Crippen LogP contribution in [0.2, 0.25) is 0 Å². The van der Waals surface area contributed by atoms with Gasteiger partial charge in [-0.05, 0) is 65.9 Å². The molecule has 0 radical (unpaired) electrons. The molecule has 2 aliphatic heterocycles. The Kier molecular flexibility index (Phi) is 9.00. The molecule has 2 N–H and O–H groups in total. The highest BCUT2D eigenvalue weighted by Crippen LogP contribution is 2.24. The lowest BCUT2D eigenvalue weighted by molar-refractivity contribution is 0.521. The van der Waals surface area contributed by atoms with Gasteiger partial charge in [-0.3, -0.25) is 0 Å². The summed E-state index contributed by atoms with van der Waals surface area (Å²) in [5.74, 6) is 1.30. The van der Waals surface area contributed by atoms with Gasteiger partial charge in [0.1, 0.15) is 22.8 Å². The number of hydrogen-bond donors (Lipinski definition) is 2. The Bertz CT molecular complexity index is 1120.